The van der Waals surface area contributed by atoms with E-state index in [0.717, 1.165) is 16.6 Å². The monoisotopic (exact) mass is 245 g/mol. The average Bonchev–Trinajstić information content (AvgIpc) is 2.38. The molecule has 1 aromatic heterocycles. The lowest BCUT2D eigenvalue weighted by molar-refractivity contribution is 0.874. The van der Waals surface area contributed by atoms with Crippen molar-refractivity contribution in [2.24, 2.45) is 5.73 Å². The van der Waals surface area contributed by atoms with Gasteiger partial charge in [0.15, 0.2) is 5.16 Å². The van der Waals surface area contributed by atoms with E-state index in [2.05, 4.69) is 41.2 Å². The summed E-state index contributed by atoms with van der Waals surface area (Å²) < 4.78 is 0. The molecule has 3 nitrogen and oxygen atoms in total. The van der Waals surface area contributed by atoms with E-state index < -0.39 is 0 Å². The predicted octanol–water partition coefficient (Wildman–Crippen LogP) is 2.54. The van der Waals surface area contributed by atoms with Gasteiger partial charge in [-0.15, -0.1) is 0 Å². The molecule has 0 fully saturated rings. The highest BCUT2D eigenvalue weighted by Gasteiger charge is 2.02. The molecule has 1 heterocycles. The summed E-state index contributed by atoms with van der Waals surface area (Å²) in [6, 6.07) is 10.2. The number of aromatic nitrogens is 2. The van der Waals surface area contributed by atoms with Crippen LogP contribution in [-0.4, -0.2) is 9.97 Å². The number of hydrogen-bond acceptors (Lipinski definition) is 4. The SMILES string of the molecule is Cc1ccccc1CSc1nccc(CN)n1. The molecule has 0 bridgehead atoms. The zero-order valence-corrected chi connectivity index (χ0v) is 10.6. The second-order valence-corrected chi connectivity index (χ2v) is 4.69. The van der Waals surface area contributed by atoms with Gasteiger partial charge in [0.05, 0.1) is 5.69 Å². The molecule has 2 rings (SSSR count). The van der Waals surface area contributed by atoms with Gasteiger partial charge in [0.2, 0.25) is 0 Å². The minimum atomic E-state index is 0.459. The Bertz CT molecular complexity index is 500. The van der Waals surface area contributed by atoms with Gasteiger partial charge < -0.3 is 5.73 Å². The topological polar surface area (TPSA) is 51.8 Å². The van der Waals surface area contributed by atoms with Crippen LogP contribution in [0.25, 0.3) is 0 Å². The number of nitrogens with zero attached hydrogens (tertiary/aromatic N) is 2. The summed E-state index contributed by atoms with van der Waals surface area (Å²) in [6.45, 7) is 2.58. The van der Waals surface area contributed by atoms with Gasteiger partial charge in [-0.05, 0) is 24.1 Å². The largest absolute Gasteiger partial charge is 0.325 e. The number of benzene rings is 1. The average molecular weight is 245 g/mol. The van der Waals surface area contributed by atoms with Crippen molar-refractivity contribution in [1.82, 2.24) is 9.97 Å². The first-order valence-electron chi connectivity index (χ1n) is 5.49. The molecule has 0 amide bonds. The Balaban J connectivity index is 2.05. The number of nitrogens with two attached hydrogens (primary N) is 1. The molecule has 0 saturated carbocycles. The third kappa shape index (κ3) is 3.28. The highest BCUT2D eigenvalue weighted by molar-refractivity contribution is 7.98. The van der Waals surface area contributed by atoms with Gasteiger partial charge in [-0.2, -0.15) is 0 Å². The number of thioether (sulfide) groups is 1. The third-order valence-corrected chi connectivity index (χ3v) is 3.43. The van der Waals surface area contributed by atoms with E-state index in [1.54, 1.807) is 18.0 Å². The van der Waals surface area contributed by atoms with Crippen LogP contribution in [0.5, 0.6) is 0 Å². The van der Waals surface area contributed by atoms with Crippen LogP contribution in [0.15, 0.2) is 41.7 Å². The summed E-state index contributed by atoms with van der Waals surface area (Å²) in [6.07, 6.45) is 1.76. The molecule has 17 heavy (non-hydrogen) atoms. The zero-order chi connectivity index (χ0) is 12.1. The van der Waals surface area contributed by atoms with Crippen LogP contribution >= 0.6 is 11.8 Å². The minimum absolute atomic E-state index is 0.459. The first kappa shape index (κ1) is 12.1. The summed E-state index contributed by atoms with van der Waals surface area (Å²) in [7, 11) is 0. The molecule has 0 aliphatic carbocycles. The number of aryl methyl sites for hydroxylation is 1. The highest BCUT2D eigenvalue weighted by atomic mass is 32.2. The molecule has 0 radical (unpaired) electrons. The van der Waals surface area contributed by atoms with Crippen LogP contribution in [0.4, 0.5) is 0 Å². The first-order chi connectivity index (χ1) is 8.29. The van der Waals surface area contributed by atoms with Crippen LogP contribution in [0, 0.1) is 6.92 Å². The highest BCUT2D eigenvalue weighted by Crippen LogP contribution is 2.20. The molecular weight excluding hydrogens is 230 g/mol. The maximum Gasteiger partial charge on any atom is 0.188 e. The molecule has 0 aliphatic heterocycles. The van der Waals surface area contributed by atoms with E-state index >= 15 is 0 Å². The Hall–Kier alpha value is -1.39. The van der Waals surface area contributed by atoms with Gasteiger partial charge in [-0.1, -0.05) is 36.0 Å². The molecule has 0 aliphatic rings. The van der Waals surface area contributed by atoms with E-state index in [1.165, 1.54) is 11.1 Å². The maximum atomic E-state index is 5.55. The Morgan fingerprint density at radius 1 is 1.24 bits per heavy atom. The van der Waals surface area contributed by atoms with E-state index in [0.29, 0.717) is 6.54 Å². The molecular formula is C13H15N3S. The van der Waals surface area contributed by atoms with Crippen LogP contribution < -0.4 is 5.73 Å². The van der Waals surface area contributed by atoms with Crippen molar-refractivity contribution in [3.63, 3.8) is 0 Å². The van der Waals surface area contributed by atoms with E-state index in [-0.39, 0.29) is 0 Å². The van der Waals surface area contributed by atoms with Crippen molar-refractivity contribution in [1.29, 1.82) is 0 Å². The standard InChI is InChI=1S/C13H15N3S/c1-10-4-2-3-5-11(10)9-17-13-15-7-6-12(8-14)16-13/h2-7H,8-9,14H2,1H3. The summed E-state index contributed by atoms with van der Waals surface area (Å²) in [5, 5.41) is 0.788. The molecule has 88 valence electrons. The second-order valence-electron chi connectivity index (χ2n) is 3.75. The molecule has 2 aromatic rings. The fourth-order valence-corrected chi connectivity index (χ4v) is 2.40. The van der Waals surface area contributed by atoms with Crippen molar-refractivity contribution in [3.05, 3.63) is 53.3 Å². The Kier molecular flexibility index (Phi) is 4.12. The summed E-state index contributed by atoms with van der Waals surface area (Å²) >= 11 is 1.64. The van der Waals surface area contributed by atoms with E-state index in [1.807, 2.05) is 6.07 Å². The van der Waals surface area contributed by atoms with Crippen LogP contribution in [0.1, 0.15) is 16.8 Å². The quantitative estimate of drug-likeness (QED) is 0.664. The van der Waals surface area contributed by atoms with Gasteiger partial charge in [0.1, 0.15) is 0 Å². The molecule has 4 heteroatoms. The fourth-order valence-electron chi connectivity index (χ4n) is 1.47. The van der Waals surface area contributed by atoms with Gasteiger partial charge in [-0.3, -0.25) is 0 Å². The molecule has 0 atom stereocenters. The molecule has 0 unspecified atom stereocenters. The van der Waals surface area contributed by atoms with E-state index in [9.17, 15) is 0 Å². The van der Waals surface area contributed by atoms with Crippen molar-refractivity contribution in [2.75, 3.05) is 0 Å². The summed E-state index contributed by atoms with van der Waals surface area (Å²) in [5.74, 6) is 0.890. The lowest BCUT2D eigenvalue weighted by Gasteiger charge is -2.04. The van der Waals surface area contributed by atoms with Crippen molar-refractivity contribution >= 4 is 11.8 Å². The number of rotatable bonds is 4. The third-order valence-electron chi connectivity index (χ3n) is 2.52. The van der Waals surface area contributed by atoms with Gasteiger partial charge in [-0.25, -0.2) is 9.97 Å². The normalized spacial score (nSPS) is 10.5. The molecule has 2 N–H and O–H groups in total. The van der Waals surface area contributed by atoms with Crippen LogP contribution in [0.3, 0.4) is 0 Å². The Morgan fingerprint density at radius 3 is 2.82 bits per heavy atom. The zero-order valence-electron chi connectivity index (χ0n) is 9.76. The minimum Gasteiger partial charge on any atom is -0.325 e. The lowest BCUT2D eigenvalue weighted by atomic mass is 10.1. The van der Waals surface area contributed by atoms with Gasteiger partial charge in [0.25, 0.3) is 0 Å². The Labute approximate surface area is 105 Å². The molecule has 0 spiro atoms. The van der Waals surface area contributed by atoms with Gasteiger partial charge in [0, 0.05) is 18.5 Å². The molecule has 0 saturated heterocycles. The summed E-state index contributed by atoms with van der Waals surface area (Å²) in [5.41, 5.74) is 9.05. The number of hydrogen-bond donors (Lipinski definition) is 1. The lowest BCUT2D eigenvalue weighted by Crippen LogP contribution is -2.01. The fraction of sp³-hybridized carbons (Fsp3) is 0.231. The van der Waals surface area contributed by atoms with Crippen molar-refractivity contribution < 1.29 is 0 Å². The Morgan fingerprint density at radius 2 is 2.06 bits per heavy atom. The maximum absolute atomic E-state index is 5.55. The van der Waals surface area contributed by atoms with Crippen molar-refractivity contribution in [2.45, 2.75) is 24.4 Å². The predicted molar refractivity (Wildman–Crippen MR) is 70.7 cm³/mol. The van der Waals surface area contributed by atoms with Crippen molar-refractivity contribution in [3.8, 4) is 0 Å². The van der Waals surface area contributed by atoms with E-state index in [4.69, 9.17) is 5.73 Å². The second kappa shape index (κ2) is 5.80. The van der Waals surface area contributed by atoms with Crippen LogP contribution in [-0.2, 0) is 12.3 Å². The van der Waals surface area contributed by atoms with Gasteiger partial charge >= 0.3 is 0 Å². The van der Waals surface area contributed by atoms with Crippen LogP contribution in [0.2, 0.25) is 0 Å². The molecule has 1 aromatic carbocycles. The smallest absolute Gasteiger partial charge is 0.188 e. The summed E-state index contributed by atoms with van der Waals surface area (Å²) in [4.78, 5) is 8.59. The first-order valence-corrected chi connectivity index (χ1v) is 6.47.